The SMILES string of the molecule is N#Cc1cccc(-n2c3ccccc3c3cc(-c4ccc5c(c4)c4ccccc4n5-c4ccc5c(c4)C/C=C\C=C/CC5(c4ccccc4)c4ccccc4)ccc32)c1. The van der Waals surface area contributed by atoms with Gasteiger partial charge in [0, 0.05) is 38.3 Å². The summed E-state index contributed by atoms with van der Waals surface area (Å²) in [6, 6.07) is 70.5. The first-order valence-electron chi connectivity index (χ1n) is 20.4. The third kappa shape index (κ3) is 5.57. The summed E-state index contributed by atoms with van der Waals surface area (Å²) in [6.07, 6.45) is 10.7. The standard InChI is InChI=1S/C56H39N3/c57-38-39-16-15-22-45(34-39)58-52-25-12-10-23-47(52)49-36-40(27-31-54(49)58)41-28-32-55-50(37-41)48-24-11-13-26-53(48)59(55)46-29-30-51-42(35-46)17-5-1-2-14-33-56(51,43-18-6-3-7-19-43)44-20-8-4-9-21-44/h1-16,18-32,34-37H,17,33H2/b5-1-,14-2-. The summed E-state index contributed by atoms with van der Waals surface area (Å²) in [5.41, 5.74) is 14.7. The molecule has 0 radical (unpaired) electrons. The van der Waals surface area contributed by atoms with Gasteiger partial charge in [-0.05, 0) is 113 Å². The molecule has 11 rings (SSSR count). The average Bonchev–Trinajstić information content (AvgIpc) is 3.84. The number of para-hydroxylation sites is 2. The van der Waals surface area contributed by atoms with Crippen LogP contribution in [0.5, 0.6) is 0 Å². The van der Waals surface area contributed by atoms with Crippen molar-refractivity contribution in [2.75, 3.05) is 0 Å². The van der Waals surface area contributed by atoms with Crippen LogP contribution in [0.3, 0.4) is 0 Å². The summed E-state index contributed by atoms with van der Waals surface area (Å²) < 4.78 is 4.72. The number of hydrogen-bond acceptors (Lipinski definition) is 1. The second kappa shape index (κ2) is 14.1. The van der Waals surface area contributed by atoms with Gasteiger partial charge in [0.05, 0.1) is 33.7 Å². The van der Waals surface area contributed by atoms with Crippen LogP contribution >= 0.6 is 0 Å². The Morgan fingerprint density at radius 2 is 0.983 bits per heavy atom. The molecular weight excluding hydrogens is 715 g/mol. The summed E-state index contributed by atoms with van der Waals surface area (Å²) in [5, 5.41) is 14.5. The molecule has 0 atom stereocenters. The Labute approximate surface area is 343 Å². The van der Waals surface area contributed by atoms with E-state index in [0.29, 0.717) is 5.56 Å². The highest BCUT2D eigenvalue weighted by atomic mass is 15.0. The van der Waals surface area contributed by atoms with E-state index in [1.165, 1.54) is 66.0 Å². The minimum absolute atomic E-state index is 0.345. The Bertz CT molecular complexity index is 3300. The molecule has 1 aliphatic rings. The number of benzene rings is 8. The number of hydrogen-bond donors (Lipinski definition) is 0. The largest absolute Gasteiger partial charge is 0.309 e. The van der Waals surface area contributed by atoms with E-state index in [9.17, 15) is 5.26 Å². The number of nitrogens with zero attached hydrogens (tertiary/aromatic N) is 3. The van der Waals surface area contributed by atoms with Crippen LogP contribution in [0, 0.1) is 11.3 Å². The van der Waals surface area contributed by atoms with Gasteiger partial charge >= 0.3 is 0 Å². The van der Waals surface area contributed by atoms with Gasteiger partial charge in [0.2, 0.25) is 0 Å². The smallest absolute Gasteiger partial charge is 0.0992 e. The van der Waals surface area contributed by atoms with E-state index in [1.54, 1.807) is 0 Å². The van der Waals surface area contributed by atoms with Crippen LogP contribution in [-0.4, -0.2) is 9.13 Å². The molecule has 2 aromatic heterocycles. The third-order valence-corrected chi connectivity index (χ3v) is 12.4. The van der Waals surface area contributed by atoms with Gasteiger partial charge in [0.25, 0.3) is 0 Å². The molecular formula is C56H39N3. The first-order valence-corrected chi connectivity index (χ1v) is 20.4. The van der Waals surface area contributed by atoms with Crippen LogP contribution in [0.25, 0.3) is 66.1 Å². The lowest BCUT2D eigenvalue weighted by atomic mass is 9.66. The van der Waals surface area contributed by atoms with Crippen molar-refractivity contribution < 1.29 is 0 Å². The van der Waals surface area contributed by atoms with Gasteiger partial charge in [0.1, 0.15) is 0 Å². The first kappa shape index (κ1) is 34.6. The van der Waals surface area contributed by atoms with E-state index < -0.39 is 0 Å². The topological polar surface area (TPSA) is 33.6 Å². The van der Waals surface area contributed by atoms with Crippen molar-refractivity contribution in [2.24, 2.45) is 0 Å². The Hall–Kier alpha value is -7.67. The van der Waals surface area contributed by atoms with Crippen molar-refractivity contribution in [3.05, 3.63) is 240 Å². The molecule has 0 saturated carbocycles. The van der Waals surface area contributed by atoms with E-state index >= 15 is 0 Å². The molecule has 0 N–H and O–H groups in total. The molecule has 3 heteroatoms. The van der Waals surface area contributed by atoms with Crippen molar-refractivity contribution in [3.8, 4) is 28.6 Å². The van der Waals surface area contributed by atoms with Crippen molar-refractivity contribution in [3.63, 3.8) is 0 Å². The highest BCUT2D eigenvalue weighted by molar-refractivity contribution is 6.12. The van der Waals surface area contributed by atoms with Gasteiger partial charge in [0.15, 0.2) is 0 Å². The zero-order chi connectivity index (χ0) is 39.3. The highest BCUT2D eigenvalue weighted by Crippen LogP contribution is 2.46. The minimum Gasteiger partial charge on any atom is -0.309 e. The maximum atomic E-state index is 9.66. The predicted octanol–water partition coefficient (Wildman–Crippen LogP) is 13.8. The number of rotatable bonds is 5. The summed E-state index contributed by atoms with van der Waals surface area (Å²) in [6.45, 7) is 0. The third-order valence-electron chi connectivity index (χ3n) is 12.4. The number of fused-ring (bicyclic) bond motifs is 7. The van der Waals surface area contributed by atoms with Crippen LogP contribution in [-0.2, 0) is 11.8 Å². The van der Waals surface area contributed by atoms with Crippen LogP contribution in [0.1, 0.15) is 34.2 Å². The molecule has 3 nitrogen and oxygen atoms in total. The second-order valence-electron chi connectivity index (χ2n) is 15.6. The fourth-order valence-electron chi connectivity index (χ4n) is 9.75. The lowest BCUT2D eigenvalue weighted by Gasteiger charge is -2.37. The van der Waals surface area contributed by atoms with Crippen molar-refractivity contribution in [2.45, 2.75) is 18.3 Å². The summed E-state index contributed by atoms with van der Waals surface area (Å²) in [5.74, 6) is 0. The average molecular weight is 754 g/mol. The number of nitriles is 1. The van der Waals surface area contributed by atoms with E-state index in [0.717, 1.165) is 35.2 Å². The zero-order valence-electron chi connectivity index (χ0n) is 32.5. The minimum atomic E-state index is -0.345. The van der Waals surface area contributed by atoms with Gasteiger partial charge < -0.3 is 9.13 Å². The zero-order valence-corrected chi connectivity index (χ0v) is 32.5. The van der Waals surface area contributed by atoms with Crippen molar-refractivity contribution >= 4 is 43.6 Å². The molecule has 278 valence electrons. The second-order valence-corrected chi connectivity index (χ2v) is 15.6. The first-order chi connectivity index (χ1) is 29.2. The molecule has 0 spiro atoms. The maximum Gasteiger partial charge on any atom is 0.0992 e. The molecule has 8 aromatic carbocycles. The molecule has 1 aliphatic carbocycles. The molecule has 0 saturated heterocycles. The Morgan fingerprint density at radius 3 is 1.59 bits per heavy atom. The molecule has 0 aliphatic heterocycles. The fourth-order valence-corrected chi connectivity index (χ4v) is 9.75. The van der Waals surface area contributed by atoms with Gasteiger partial charge in [-0.25, -0.2) is 0 Å². The fraction of sp³-hybridized carbons (Fsp3) is 0.0536. The van der Waals surface area contributed by atoms with Gasteiger partial charge in [-0.2, -0.15) is 5.26 Å². The molecule has 2 heterocycles. The van der Waals surface area contributed by atoms with Crippen LogP contribution in [0.4, 0.5) is 0 Å². The lowest BCUT2D eigenvalue weighted by molar-refractivity contribution is 0.622. The van der Waals surface area contributed by atoms with E-state index in [2.05, 4.69) is 209 Å². The predicted molar refractivity (Wildman–Crippen MR) is 245 cm³/mol. The monoisotopic (exact) mass is 753 g/mol. The molecule has 0 unspecified atom stereocenters. The van der Waals surface area contributed by atoms with E-state index in [-0.39, 0.29) is 5.41 Å². The van der Waals surface area contributed by atoms with Gasteiger partial charge in [-0.15, -0.1) is 0 Å². The Kier molecular flexibility index (Phi) is 8.24. The molecule has 59 heavy (non-hydrogen) atoms. The number of allylic oxidation sites excluding steroid dienone is 4. The maximum absolute atomic E-state index is 9.66. The Balaban J connectivity index is 1.07. The highest BCUT2D eigenvalue weighted by Gasteiger charge is 2.37. The van der Waals surface area contributed by atoms with Crippen molar-refractivity contribution in [1.29, 1.82) is 5.26 Å². The van der Waals surface area contributed by atoms with Gasteiger partial charge in [-0.3, -0.25) is 0 Å². The van der Waals surface area contributed by atoms with Crippen LogP contribution < -0.4 is 0 Å². The lowest BCUT2D eigenvalue weighted by Crippen LogP contribution is -2.30. The van der Waals surface area contributed by atoms with Crippen molar-refractivity contribution in [1.82, 2.24) is 9.13 Å². The van der Waals surface area contributed by atoms with Crippen LogP contribution in [0.2, 0.25) is 0 Å². The molecule has 0 amide bonds. The van der Waals surface area contributed by atoms with Crippen LogP contribution in [0.15, 0.2) is 212 Å². The van der Waals surface area contributed by atoms with E-state index in [1.807, 2.05) is 18.2 Å². The molecule has 0 bridgehead atoms. The summed E-state index contributed by atoms with van der Waals surface area (Å²) >= 11 is 0. The normalized spacial score (nSPS) is 14.7. The van der Waals surface area contributed by atoms with E-state index in [4.69, 9.17) is 0 Å². The Morgan fingerprint density at radius 1 is 0.441 bits per heavy atom. The summed E-state index contributed by atoms with van der Waals surface area (Å²) in [4.78, 5) is 0. The number of aromatic nitrogens is 2. The molecule has 0 fully saturated rings. The summed E-state index contributed by atoms with van der Waals surface area (Å²) in [7, 11) is 0. The van der Waals surface area contributed by atoms with Gasteiger partial charge in [-0.1, -0.05) is 146 Å². The molecule has 10 aromatic rings. The quantitative estimate of drug-likeness (QED) is 0.172.